The molecule has 0 saturated carbocycles. The first-order valence-corrected chi connectivity index (χ1v) is 11.5. The summed E-state index contributed by atoms with van der Waals surface area (Å²) in [5.41, 5.74) is 2.93. The lowest BCUT2D eigenvalue weighted by Gasteiger charge is -2.16. The molecule has 0 aliphatic carbocycles. The number of aliphatic hydroxyl groups excluding tert-OH is 1. The van der Waals surface area contributed by atoms with Gasteiger partial charge >= 0.3 is 0 Å². The molecule has 4 rings (SSSR count). The van der Waals surface area contributed by atoms with Gasteiger partial charge in [0.1, 0.15) is 6.10 Å². The van der Waals surface area contributed by atoms with Gasteiger partial charge in [-0.1, -0.05) is 24.3 Å². The third kappa shape index (κ3) is 6.16. The molecule has 2 saturated heterocycles. The van der Waals surface area contributed by atoms with Gasteiger partial charge in [-0.3, -0.25) is 19.4 Å². The zero-order valence-corrected chi connectivity index (χ0v) is 18.4. The summed E-state index contributed by atoms with van der Waals surface area (Å²) in [6.45, 7) is 4.79. The lowest BCUT2D eigenvalue weighted by molar-refractivity contribution is -0.117. The molecule has 0 radical (unpaired) electrons. The zero-order valence-electron chi connectivity index (χ0n) is 18.4. The summed E-state index contributed by atoms with van der Waals surface area (Å²) in [5.74, 6) is -0.0230. The highest BCUT2D eigenvalue weighted by Gasteiger charge is 2.17. The van der Waals surface area contributed by atoms with Gasteiger partial charge in [0, 0.05) is 11.4 Å². The predicted octanol–water partition coefficient (Wildman–Crippen LogP) is 2.84. The first-order chi connectivity index (χ1) is 15.6. The van der Waals surface area contributed by atoms with Crippen LogP contribution in [0.5, 0.6) is 0 Å². The Morgan fingerprint density at radius 2 is 1.03 bits per heavy atom. The molecule has 2 aliphatic rings. The molecule has 0 atom stereocenters. The van der Waals surface area contributed by atoms with E-state index in [4.69, 9.17) is 0 Å². The van der Waals surface area contributed by atoms with E-state index in [1.165, 1.54) is 0 Å². The van der Waals surface area contributed by atoms with Crippen LogP contribution in [0.2, 0.25) is 0 Å². The maximum atomic E-state index is 12.2. The molecular formula is C25H32N4O3. The minimum atomic E-state index is -0.779. The molecule has 2 heterocycles. The molecule has 170 valence electrons. The third-order valence-corrected chi connectivity index (χ3v) is 6.15. The van der Waals surface area contributed by atoms with E-state index in [1.54, 1.807) is 0 Å². The summed E-state index contributed by atoms with van der Waals surface area (Å²) in [6, 6.07) is 14.5. The van der Waals surface area contributed by atoms with Gasteiger partial charge in [-0.2, -0.15) is 0 Å². The van der Waals surface area contributed by atoms with E-state index >= 15 is 0 Å². The highest BCUT2D eigenvalue weighted by Crippen LogP contribution is 2.24. The highest BCUT2D eigenvalue weighted by atomic mass is 16.3. The van der Waals surface area contributed by atoms with Gasteiger partial charge in [0.25, 0.3) is 0 Å². The quantitative estimate of drug-likeness (QED) is 0.593. The van der Waals surface area contributed by atoms with E-state index in [-0.39, 0.29) is 11.8 Å². The molecule has 7 heteroatoms. The molecule has 0 bridgehead atoms. The van der Waals surface area contributed by atoms with Crippen molar-refractivity contribution in [2.24, 2.45) is 0 Å². The molecule has 2 amide bonds. The second-order valence-corrected chi connectivity index (χ2v) is 8.71. The fourth-order valence-corrected chi connectivity index (χ4v) is 4.38. The number of anilines is 2. The van der Waals surface area contributed by atoms with E-state index in [0.717, 1.165) is 74.4 Å². The lowest BCUT2D eigenvalue weighted by Crippen LogP contribution is -2.30. The lowest BCUT2D eigenvalue weighted by atomic mass is 10.0. The summed E-state index contributed by atoms with van der Waals surface area (Å²) in [6.07, 6.45) is 3.86. The van der Waals surface area contributed by atoms with Crippen molar-refractivity contribution >= 4 is 23.2 Å². The fraction of sp³-hybridized carbons (Fsp3) is 0.440. The molecule has 2 aromatic rings. The maximum absolute atomic E-state index is 12.2. The van der Waals surface area contributed by atoms with Crippen LogP contribution in [-0.4, -0.2) is 66.0 Å². The zero-order chi connectivity index (χ0) is 22.3. The number of nitrogens with one attached hydrogen (secondary N) is 2. The maximum Gasteiger partial charge on any atom is 0.238 e. The summed E-state index contributed by atoms with van der Waals surface area (Å²) in [4.78, 5) is 28.7. The van der Waals surface area contributed by atoms with Crippen molar-refractivity contribution in [2.45, 2.75) is 31.8 Å². The number of hydrogen-bond acceptors (Lipinski definition) is 5. The average Bonchev–Trinajstić information content (AvgIpc) is 3.49. The Kier molecular flexibility index (Phi) is 7.52. The Balaban J connectivity index is 1.28. The van der Waals surface area contributed by atoms with Crippen LogP contribution >= 0.6 is 0 Å². The number of amides is 2. The number of aliphatic hydroxyl groups is 1. The molecule has 0 spiro atoms. The standard InChI is InChI=1S/C25H32N4O3/c30-23(17-28-13-1-2-14-28)26-21-9-5-19(6-10-21)25(32)20-7-11-22(12-8-20)27-24(31)18-29-15-3-4-16-29/h5-12,25,32H,1-4,13-18H2,(H,26,30)(H,27,31). The molecule has 3 N–H and O–H groups in total. The highest BCUT2D eigenvalue weighted by molar-refractivity contribution is 5.92. The van der Waals surface area contributed by atoms with Gasteiger partial charge in [-0.05, 0) is 87.3 Å². The van der Waals surface area contributed by atoms with E-state index in [9.17, 15) is 14.7 Å². The summed E-state index contributed by atoms with van der Waals surface area (Å²) in [5, 5.41) is 16.6. The van der Waals surface area contributed by atoms with Crippen LogP contribution in [0.3, 0.4) is 0 Å². The van der Waals surface area contributed by atoms with Crippen molar-refractivity contribution in [3.63, 3.8) is 0 Å². The largest absolute Gasteiger partial charge is 0.384 e. The van der Waals surface area contributed by atoms with Gasteiger partial charge in [-0.15, -0.1) is 0 Å². The number of carbonyl (C=O) groups is 2. The van der Waals surface area contributed by atoms with Crippen molar-refractivity contribution in [3.8, 4) is 0 Å². The number of rotatable bonds is 8. The second-order valence-electron chi connectivity index (χ2n) is 8.71. The Morgan fingerprint density at radius 3 is 1.38 bits per heavy atom. The first-order valence-electron chi connectivity index (χ1n) is 11.5. The van der Waals surface area contributed by atoms with Crippen LogP contribution < -0.4 is 10.6 Å². The summed E-state index contributed by atoms with van der Waals surface area (Å²) in [7, 11) is 0. The average molecular weight is 437 g/mol. The van der Waals surface area contributed by atoms with E-state index in [2.05, 4.69) is 20.4 Å². The second kappa shape index (κ2) is 10.7. The Morgan fingerprint density at radius 1 is 0.688 bits per heavy atom. The van der Waals surface area contributed by atoms with E-state index < -0.39 is 6.10 Å². The number of benzene rings is 2. The van der Waals surface area contributed by atoms with Gasteiger partial charge in [0.2, 0.25) is 11.8 Å². The van der Waals surface area contributed by atoms with Crippen molar-refractivity contribution in [1.82, 2.24) is 9.80 Å². The molecule has 32 heavy (non-hydrogen) atoms. The molecule has 2 aromatic carbocycles. The number of nitrogens with zero attached hydrogens (tertiary/aromatic N) is 2. The normalized spacial score (nSPS) is 17.1. The van der Waals surface area contributed by atoms with Crippen LogP contribution in [-0.2, 0) is 9.59 Å². The van der Waals surface area contributed by atoms with Crippen molar-refractivity contribution < 1.29 is 14.7 Å². The van der Waals surface area contributed by atoms with Crippen LogP contribution in [0.15, 0.2) is 48.5 Å². The van der Waals surface area contributed by atoms with Gasteiger partial charge in [-0.25, -0.2) is 0 Å². The Bertz CT molecular complexity index is 826. The molecule has 0 unspecified atom stereocenters. The van der Waals surface area contributed by atoms with Gasteiger partial charge < -0.3 is 15.7 Å². The first kappa shape index (κ1) is 22.5. The van der Waals surface area contributed by atoms with Gasteiger partial charge in [0.15, 0.2) is 0 Å². The van der Waals surface area contributed by atoms with E-state index in [0.29, 0.717) is 13.1 Å². The minimum absolute atomic E-state index is 0.0115. The number of hydrogen-bond donors (Lipinski definition) is 3. The molecule has 0 aromatic heterocycles. The topological polar surface area (TPSA) is 84.9 Å². The van der Waals surface area contributed by atoms with Gasteiger partial charge in [0.05, 0.1) is 13.1 Å². The monoisotopic (exact) mass is 436 g/mol. The fourth-order valence-electron chi connectivity index (χ4n) is 4.38. The Hall–Kier alpha value is -2.74. The summed E-state index contributed by atoms with van der Waals surface area (Å²) >= 11 is 0. The van der Waals surface area contributed by atoms with E-state index in [1.807, 2.05) is 48.5 Å². The van der Waals surface area contributed by atoms with Crippen LogP contribution in [0, 0.1) is 0 Å². The number of carbonyl (C=O) groups excluding carboxylic acids is 2. The van der Waals surface area contributed by atoms with Crippen molar-refractivity contribution in [3.05, 3.63) is 59.7 Å². The molecule has 2 fully saturated rings. The minimum Gasteiger partial charge on any atom is -0.384 e. The third-order valence-electron chi connectivity index (χ3n) is 6.15. The Labute approximate surface area is 189 Å². The van der Waals surface area contributed by atoms with Crippen molar-refractivity contribution in [1.29, 1.82) is 0 Å². The molecule has 7 nitrogen and oxygen atoms in total. The molecular weight excluding hydrogens is 404 g/mol. The predicted molar refractivity (Wildman–Crippen MR) is 126 cm³/mol. The number of likely N-dealkylation sites (tertiary alicyclic amines) is 2. The van der Waals surface area contributed by atoms with Crippen LogP contribution in [0.1, 0.15) is 42.9 Å². The molecule has 2 aliphatic heterocycles. The van der Waals surface area contributed by atoms with Crippen molar-refractivity contribution in [2.75, 3.05) is 49.9 Å². The smallest absolute Gasteiger partial charge is 0.238 e. The summed E-state index contributed by atoms with van der Waals surface area (Å²) < 4.78 is 0. The SMILES string of the molecule is O=C(CN1CCCC1)Nc1ccc(C(O)c2ccc(NC(=O)CN3CCCC3)cc2)cc1. The van der Waals surface area contributed by atoms with Crippen LogP contribution in [0.25, 0.3) is 0 Å². The van der Waals surface area contributed by atoms with Crippen LogP contribution in [0.4, 0.5) is 11.4 Å².